The van der Waals surface area contributed by atoms with Gasteiger partial charge in [-0.25, -0.2) is 0 Å². The minimum absolute atomic E-state index is 0.0222. The quantitative estimate of drug-likeness (QED) is 0.497. The lowest BCUT2D eigenvalue weighted by molar-refractivity contribution is -0.137. The van der Waals surface area contributed by atoms with Gasteiger partial charge >= 0.3 is 6.18 Å². The summed E-state index contributed by atoms with van der Waals surface area (Å²) < 4.78 is 34.9. The molecule has 0 N–H and O–H groups in total. The SMILES string of the molecule is [B]C([B])(Cl)c1cccc(C(F)(F)F)c1. The summed E-state index contributed by atoms with van der Waals surface area (Å²) in [6.45, 7) is 0. The first kappa shape index (κ1) is 11.5. The van der Waals surface area contributed by atoms with Crippen LogP contribution in [0.2, 0.25) is 0 Å². The minimum Gasteiger partial charge on any atom is -0.166 e. The van der Waals surface area contributed by atoms with Gasteiger partial charge < -0.3 is 0 Å². The molecule has 0 amide bonds. The molecule has 0 aliphatic carbocycles. The molecule has 4 radical (unpaired) electrons. The molecule has 0 atom stereocenters. The van der Waals surface area contributed by atoms with Crippen LogP contribution in [0.3, 0.4) is 0 Å². The van der Waals surface area contributed by atoms with Crippen LogP contribution in [0.4, 0.5) is 13.2 Å². The van der Waals surface area contributed by atoms with Gasteiger partial charge in [-0.15, -0.1) is 11.6 Å². The topological polar surface area (TPSA) is 0 Å². The summed E-state index contributed by atoms with van der Waals surface area (Å²) in [6, 6.07) is 4.29. The second-order valence-corrected chi connectivity index (χ2v) is 3.47. The first-order valence-electron chi connectivity index (χ1n) is 3.65. The monoisotopic (exact) mass is 214 g/mol. The van der Waals surface area contributed by atoms with Crippen LogP contribution in [-0.2, 0) is 10.8 Å². The number of hydrogen-bond donors (Lipinski definition) is 0. The molecule has 1 aromatic rings. The molecule has 0 spiro atoms. The highest BCUT2D eigenvalue weighted by Crippen LogP contribution is 2.32. The molecule has 0 aliphatic rings. The Bertz CT molecular complexity index is 301. The van der Waals surface area contributed by atoms with Crippen molar-refractivity contribution in [1.82, 2.24) is 0 Å². The van der Waals surface area contributed by atoms with Gasteiger partial charge in [0.1, 0.15) is 0 Å². The second kappa shape index (κ2) is 3.54. The zero-order valence-corrected chi connectivity index (χ0v) is 7.73. The highest BCUT2D eigenvalue weighted by atomic mass is 35.5. The molecule has 0 saturated heterocycles. The zero-order chi connectivity index (χ0) is 11.0. The van der Waals surface area contributed by atoms with Gasteiger partial charge in [0.25, 0.3) is 0 Å². The minimum atomic E-state index is -4.42. The summed E-state index contributed by atoms with van der Waals surface area (Å²) in [4.78, 5) is 0. The molecule has 0 heterocycles. The molecule has 1 aromatic carbocycles. The van der Waals surface area contributed by atoms with E-state index in [0.717, 1.165) is 12.1 Å². The van der Waals surface area contributed by atoms with E-state index in [1.807, 2.05) is 0 Å². The fraction of sp³-hybridized carbons (Fsp3) is 0.250. The number of hydrogen-bond acceptors (Lipinski definition) is 0. The average Bonchev–Trinajstić information content (AvgIpc) is 2.01. The van der Waals surface area contributed by atoms with Crippen LogP contribution >= 0.6 is 11.6 Å². The van der Waals surface area contributed by atoms with Crippen LogP contribution in [0.25, 0.3) is 0 Å². The molecule has 0 saturated carbocycles. The van der Waals surface area contributed by atoms with E-state index in [4.69, 9.17) is 27.3 Å². The molecular weight excluding hydrogens is 210 g/mol. The summed E-state index contributed by atoms with van der Waals surface area (Å²) in [5, 5.41) is 0. The van der Waals surface area contributed by atoms with E-state index in [9.17, 15) is 13.2 Å². The average molecular weight is 214 g/mol. The lowest BCUT2D eigenvalue weighted by atomic mass is 9.65. The standard InChI is InChI=1S/C8H4B2ClF3/c9-7(10,11)5-2-1-3-6(4-5)8(12,13)14/h1-4H. The lowest BCUT2D eigenvalue weighted by Gasteiger charge is -2.18. The van der Waals surface area contributed by atoms with Crippen LogP contribution in [0.15, 0.2) is 24.3 Å². The highest BCUT2D eigenvalue weighted by Gasteiger charge is 2.31. The van der Waals surface area contributed by atoms with Gasteiger partial charge in [0.2, 0.25) is 0 Å². The van der Waals surface area contributed by atoms with Gasteiger partial charge in [0, 0.05) is 0 Å². The van der Waals surface area contributed by atoms with E-state index in [2.05, 4.69) is 0 Å². The third kappa shape index (κ3) is 2.71. The summed E-state index contributed by atoms with van der Waals surface area (Å²) >= 11 is 5.47. The third-order valence-electron chi connectivity index (χ3n) is 1.63. The maximum atomic E-state index is 12.2. The number of halogens is 4. The predicted octanol–water partition coefficient (Wildman–Crippen LogP) is 2.39. The van der Waals surface area contributed by atoms with Crippen molar-refractivity contribution in [3.05, 3.63) is 35.4 Å². The third-order valence-corrected chi connectivity index (χ3v) is 1.85. The van der Waals surface area contributed by atoms with E-state index in [1.54, 1.807) is 0 Å². The van der Waals surface area contributed by atoms with E-state index in [-0.39, 0.29) is 5.56 Å². The molecule has 0 aliphatic heterocycles. The fourth-order valence-electron chi connectivity index (χ4n) is 0.934. The van der Waals surface area contributed by atoms with Gasteiger partial charge in [-0.1, -0.05) is 18.2 Å². The van der Waals surface area contributed by atoms with Crippen molar-refractivity contribution in [2.45, 2.75) is 10.8 Å². The Morgan fingerprint density at radius 2 is 1.57 bits per heavy atom. The summed E-state index contributed by atoms with van der Waals surface area (Å²) in [6.07, 6.45) is -4.42. The number of benzene rings is 1. The summed E-state index contributed by atoms with van der Waals surface area (Å²) in [7, 11) is 10.5. The van der Waals surface area contributed by atoms with Crippen molar-refractivity contribution in [3.8, 4) is 0 Å². The molecule has 0 aromatic heterocycles. The zero-order valence-electron chi connectivity index (χ0n) is 6.98. The molecule has 70 valence electrons. The number of rotatable bonds is 1. The van der Waals surface area contributed by atoms with Crippen molar-refractivity contribution in [3.63, 3.8) is 0 Å². The summed E-state index contributed by atoms with van der Waals surface area (Å²) in [5.41, 5.74) is -0.801. The van der Waals surface area contributed by atoms with Crippen molar-refractivity contribution in [2.24, 2.45) is 0 Å². The predicted molar refractivity (Wildman–Crippen MR) is 50.5 cm³/mol. The molecule has 0 fully saturated rings. The van der Waals surface area contributed by atoms with E-state index in [1.165, 1.54) is 12.1 Å². The Kier molecular flexibility index (Phi) is 2.91. The van der Waals surface area contributed by atoms with E-state index < -0.39 is 16.4 Å². The fourth-order valence-corrected chi connectivity index (χ4v) is 1.05. The molecule has 6 heteroatoms. The Labute approximate surface area is 87.3 Å². The normalized spacial score (nSPS) is 12.9. The van der Waals surface area contributed by atoms with Crippen molar-refractivity contribution in [1.29, 1.82) is 0 Å². The highest BCUT2D eigenvalue weighted by molar-refractivity contribution is 6.61. The lowest BCUT2D eigenvalue weighted by Crippen LogP contribution is -2.19. The van der Waals surface area contributed by atoms with Crippen LogP contribution in [0.1, 0.15) is 11.1 Å². The first-order valence-corrected chi connectivity index (χ1v) is 4.03. The van der Waals surface area contributed by atoms with Gasteiger partial charge in [-0.05, 0) is 16.3 Å². The Balaban J connectivity index is 3.15. The summed E-state index contributed by atoms with van der Waals surface area (Å²) in [5.74, 6) is 0. The van der Waals surface area contributed by atoms with Crippen LogP contribution in [0, 0.1) is 0 Å². The molecule has 0 unspecified atom stereocenters. The number of alkyl halides is 4. The smallest absolute Gasteiger partial charge is 0.166 e. The Morgan fingerprint density at radius 3 is 2.00 bits per heavy atom. The molecular formula is C8H4B2ClF3. The van der Waals surface area contributed by atoms with Crippen LogP contribution in [0.5, 0.6) is 0 Å². The molecule has 1 rings (SSSR count). The van der Waals surface area contributed by atoms with Crippen molar-refractivity contribution in [2.75, 3.05) is 0 Å². The van der Waals surface area contributed by atoms with Crippen molar-refractivity contribution >= 4 is 27.3 Å². The maximum absolute atomic E-state index is 12.2. The van der Waals surface area contributed by atoms with Crippen molar-refractivity contribution < 1.29 is 13.2 Å². The molecule has 0 bridgehead atoms. The van der Waals surface area contributed by atoms with Gasteiger partial charge in [0.15, 0.2) is 0 Å². The molecule has 14 heavy (non-hydrogen) atoms. The Hall–Kier alpha value is -0.570. The largest absolute Gasteiger partial charge is 0.416 e. The van der Waals surface area contributed by atoms with Crippen LogP contribution < -0.4 is 0 Å². The van der Waals surface area contributed by atoms with Crippen LogP contribution in [-0.4, -0.2) is 15.7 Å². The Morgan fingerprint density at radius 1 is 1.07 bits per heavy atom. The van der Waals surface area contributed by atoms with E-state index in [0.29, 0.717) is 0 Å². The van der Waals surface area contributed by atoms with Gasteiger partial charge in [0.05, 0.1) is 21.3 Å². The molecule has 0 nitrogen and oxygen atoms in total. The van der Waals surface area contributed by atoms with Gasteiger partial charge in [-0.2, -0.15) is 13.2 Å². The maximum Gasteiger partial charge on any atom is 0.416 e. The second-order valence-electron chi connectivity index (χ2n) is 2.85. The van der Waals surface area contributed by atoms with Gasteiger partial charge in [-0.3, -0.25) is 0 Å². The van der Waals surface area contributed by atoms with E-state index >= 15 is 0 Å². The first-order chi connectivity index (χ1) is 6.21.